The highest BCUT2D eigenvalue weighted by atomic mass is 35.5. The predicted molar refractivity (Wildman–Crippen MR) is 137 cm³/mol. The summed E-state index contributed by atoms with van der Waals surface area (Å²) in [5.41, 5.74) is 0. The van der Waals surface area contributed by atoms with Gasteiger partial charge in [0.1, 0.15) is 35.9 Å². The summed E-state index contributed by atoms with van der Waals surface area (Å²) < 4.78 is 29.0. The van der Waals surface area contributed by atoms with Gasteiger partial charge in [-0.05, 0) is 23.3 Å². The fourth-order valence-electron chi connectivity index (χ4n) is 5.20. The van der Waals surface area contributed by atoms with Crippen molar-refractivity contribution < 1.29 is 43.9 Å². The number of hydrazone groups is 1. The molecule has 0 aromatic carbocycles. The van der Waals surface area contributed by atoms with Gasteiger partial charge in [0.05, 0.1) is 31.8 Å². The van der Waals surface area contributed by atoms with Crippen molar-refractivity contribution in [3.63, 3.8) is 0 Å². The van der Waals surface area contributed by atoms with Gasteiger partial charge in [-0.1, -0.05) is 24.4 Å². The number of hydrogen-bond acceptors (Lipinski definition) is 14. The Hall–Kier alpha value is -2.05. The number of fused-ring (bicyclic) bond motifs is 1. The molecule has 4 aliphatic rings. The number of aliphatic imine (C=N–C) groups is 1. The number of aliphatic hydroxyl groups is 3. The number of halogens is 1. The molecule has 7 atom stereocenters. The molecule has 1 saturated carbocycles. The number of aliphatic hydroxyl groups excluding tert-OH is 3. The Labute approximate surface area is 233 Å². The van der Waals surface area contributed by atoms with Gasteiger partial charge in [-0.3, -0.25) is 4.57 Å². The van der Waals surface area contributed by atoms with Crippen molar-refractivity contribution in [3.8, 4) is 0 Å². The first kappa shape index (κ1) is 29.4. The van der Waals surface area contributed by atoms with Crippen LogP contribution in [0.25, 0.3) is 0 Å². The molecule has 1 aromatic heterocycles. The molecule has 4 heterocycles. The lowest BCUT2D eigenvalue weighted by Crippen LogP contribution is -2.46. The topological polar surface area (TPSA) is 240 Å². The van der Waals surface area contributed by atoms with E-state index in [1.165, 1.54) is 0 Å². The van der Waals surface area contributed by atoms with Gasteiger partial charge in [0.25, 0.3) is 0 Å². The van der Waals surface area contributed by atoms with Gasteiger partial charge in [-0.15, -0.1) is 5.10 Å². The summed E-state index contributed by atoms with van der Waals surface area (Å²) in [5.74, 6) is 0.256. The molecular weight excluding hydrogens is 575 g/mol. The lowest BCUT2D eigenvalue weighted by atomic mass is 9.94. The molecule has 1 aliphatic carbocycles. The number of ether oxygens (including phenoxy) is 3. The van der Waals surface area contributed by atoms with E-state index in [2.05, 4.69) is 36.0 Å². The first-order valence-electron chi connectivity index (χ1n) is 12.8. The number of aromatic nitrogens is 4. The molecule has 222 valence electrons. The number of rotatable bonds is 12. The van der Waals surface area contributed by atoms with Crippen molar-refractivity contribution in [1.82, 2.24) is 30.9 Å². The van der Waals surface area contributed by atoms with E-state index in [9.17, 15) is 29.7 Å². The molecule has 3 aliphatic heterocycles. The molecule has 0 amide bonds. The molecule has 0 bridgehead atoms. The minimum atomic E-state index is -5.12. The minimum absolute atomic E-state index is 0.187. The van der Waals surface area contributed by atoms with Crippen molar-refractivity contribution in [2.24, 2.45) is 16.0 Å². The zero-order valence-corrected chi connectivity index (χ0v) is 22.9. The lowest BCUT2D eigenvalue weighted by molar-refractivity contribution is -0.127. The van der Waals surface area contributed by atoms with E-state index in [0.717, 1.165) is 25.7 Å². The van der Waals surface area contributed by atoms with Crippen LogP contribution in [0.3, 0.4) is 0 Å². The number of H-pyrrole nitrogens is 1. The molecule has 1 aromatic rings. The molecule has 17 nitrogen and oxygen atoms in total. The van der Waals surface area contributed by atoms with Crippen LogP contribution in [0.5, 0.6) is 0 Å². The molecule has 0 radical (unpaired) electrons. The maximum Gasteiger partial charge on any atom is 0.361 e. The predicted octanol–water partition coefficient (Wildman–Crippen LogP) is -1.64. The summed E-state index contributed by atoms with van der Waals surface area (Å²) >= 11 is 6.32. The Kier molecular flexibility index (Phi) is 8.87. The number of nitrogens with zero attached hydrogens (tertiary/aromatic N) is 6. The minimum Gasteiger partial charge on any atom is -0.393 e. The molecule has 5 rings (SSSR count). The average molecular weight is 607 g/mol. The van der Waals surface area contributed by atoms with Gasteiger partial charge in [-0.25, -0.2) is 15.1 Å². The Morgan fingerprint density at radius 2 is 2.05 bits per heavy atom. The van der Waals surface area contributed by atoms with Gasteiger partial charge >= 0.3 is 7.60 Å². The smallest absolute Gasteiger partial charge is 0.361 e. The van der Waals surface area contributed by atoms with E-state index in [0.29, 0.717) is 5.82 Å². The summed E-state index contributed by atoms with van der Waals surface area (Å²) in [4.78, 5) is 24.4. The summed E-state index contributed by atoms with van der Waals surface area (Å²) in [6, 6.07) is 0.289. The quantitative estimate of drug-likeness (QED) is 0.132. The number of hydrogen-bond donors (Lipinski definition) is 7. The Morgan fingerprint density at radius 1 is 1.27 bits per heavy atom. The van der Waals surface area contributed by atoms with Crippen molar-refractivity contribution in [1.29, 1.82) is 0 Å². The SMILES string of the molecule is O=P(O)(O)C(CO)(COCc1nnn[nH]1)OC[C@H]1O[C@@H](C2C=NN3C(NC4CCCC4)=CC(Cl)=NC23)[C@H](O)[C@@H]1O. The third kappa shape index (κ3) is 5.94. The second-order valence-corrected chi connectivity index (χ2v) is 12.4. The van der Waals surface area contributed by atoms with Gasteiger partial charge in [0.2, 0.25) is 5.34 Å². The molecule has 40 heavy (non-hydrogen) atoms. The van der Waals surface area contributed by atoms with Crippen LogP contribution in [-0.4, -0.2) is 124 Å². The maximum atomic E-state index is 12.3. The summed E-state index contributed by atoms with van der Waals surface area (Å²) in [7, 11) is -5.12. The third-order valence-corrected chi connectivity index (χ3v) is 9.12. The summed E-state index contributed by atoms with van der Waals surface area (Å²) in [6.07, 6.45) is 1.88. The number of allylic oxidation sites excluding steroid dienone is 1. The molecular formula is C21H32ClN8O9P. The van der Waals surface area contributed by atoms with Crippen LogP contribution in [0, 0.1) is 5.92 Å². The standard InChI is InChI=1S/C21H32ClN8O9P/c22-14-5-16(24-11-3-1-2-4-11)30-20(25-14)12(6-23-30)19-18(33)17(32)13(39-19)7-38-21(9-31,40(34,35)36)10-37-8-15-26-28-29-27-15/h5-6,11-13,17-20,24,31-33H,1-4,7-10H2,(H2,34,35,36)(H,26,27,28,29)/t12?,13-,17-,18-,19+,20?,21?/m1/s1. The van der Waals surface area contributed by atoms with E-state index in [1.807, 2.05) is 0 Å². The molecule has 7 N–H and O–H groups in total. The van der Waals surface area contributed by atoms with Crippen molar-refractivity contribution in [3.05, 3.63) is 17.7 Å². The highest BCUT2D eigenvalue weighted by molar-refractivity contribution is 7.53. The Morgan fingerprint density at radius 3 is 2.73 bits per heavy atom. The fourth-order valence-corrected chi connectivity index (χ4v) is 6.09. The van der Waals surface area contributed by atoms with Crippen molar-refractivity contribution >= 4 is 30.6 Å². The first-order valence-corrected chi connectivity index (χ1v) is 14.8. The van der Waals surface area contributed by atoms with Gasteiger partial charge in [0.15, 0.2) is 12.0 Å². The fraction of sp³-hybridized carbons (Fsp3) is 0.762. The van der Waals surface area contributed by atoms with Crippen LogP contribution in [0.1, 0.15) is 31.5 Å². The van der Waals surface area contributed by atoms with E-state index in [1.54, 1.807) is 17.3 Å². The zero-order chi connectivity index (χ0) is 28.5. The highest BCUT2D eigenvalue weighted by Crippen LogP contribution is 2.51. The summed E-state index contributed by atoms with van der Waals surface area (Å²) in [6.45, 7) is -2.66. The van der Waals surface area contributed by atoms with Gasteiger partial charge < -0.3 is 44.6 Å². The van der Waals surface area contributed by atoms with E-state index >= 15 is 0 Å². The maximum absolute atomic E-state index is 12.3. The Bertz CT molecular complexity index is 1160. The molecule has 1 saturated heterocycles. The van der Waals surface area contributed by atoms with Crippen LogP contribution < -0.4 is 5.32 Å². The number of nitrogens with one attached hydrogen (secondary N) is 2. The normalized spacial score (nSPS) is 32.2. The van der Waals surface area contributed by atoms with Crippen LogP contribution in [-0.2, 0) is 25.4 Å². The third-order valence-electron chi connectivity index (χ3n) is 7.45. The van der Waals surface area contributed by atoms with Crippen molar-refractivity contribution in [2.75, 3.05) is 19.8 Å². The van der Waals surface area contributed by atoms with E-state index in [4.69, 9.17) is 25.8 Å². The van der Waals surface area contributed by atoms with Crippen LogP contribution in [0.4, 0.5) is 0 Å². The second kappa shape index (κ2) is 12.1. The van der Waals surface area contributed by atoms with Gasteiger partial charge in [0, 0.05) is 18.3 Å². The van der Waals surface area contributed by atoms with E-state index < -0.39 is 69.3 Å². The monoisotopic (exact) mass is 606 g/mol. The van der Waals surface area contributed by atoms with Crippen molar-refractivity contribution in [2.45, 2.75) is 74.3 Å². The van der Waals surface area contributed by atoms with Crippen LogP contribution in [0.15, 0.2) is 22.0 Å². The average Bonchev–Trinajstić information content (AvgIpc) is 3.71. The van der Waals surface area contributed by atoms with Crippen LogP contribution in [0.2, 0.25) is 0 Å². The largest absolute Gasteiger partial charge is 0.393 e. The second-order valence-electron chi connectivity index (χ2n) is 10.1. The first-order chi connectivity index (χ1) is 19.1. The highest BCUT2D eigenvalue weighted by Gasteiger charge is 2.54. The zero-order valence-electron chi connectivity index (χ0n) is 21.2. The number of aromatic amines is 1. The van der Waals surface area contributed by atoms with Gasteiger partial charge in [-0.2, -0.15) is 5.10 Å². The molecule has 3 unspecified atom stereocenters. The molecule has 2 fully saturated rings. The molecule has 19 heteroatoms. The summed E-state index contributed by atoms with van der Waals surface area (Å²) in [5, 5.41) is 51.6. The van der Waals surface area contributed by atoms with E-state index in [-0.39, 0.29) is 23.6 Å². The molecule has 0 spiro atoms. The van der Waals surface area contributed by atoms with Crippen LogP contribution >= 0.6 is 19.2 Å². The number of tetrazole rings is 1. The Balaban J connectivity index is 1.23. The lowest BCUT2D eigenvalue weighted by Gasteiger charge is -2.34.